The SMILES string of the molecule is CCCCCC(=O)NCCCCCCCCCCCCN. The van der Waals surface area contributed by atoms with Crippen LogP contribution in [0.2, 0.25) is 0 Å². The number of carbonyl (C=O) groups excluding carboxylic acids is 1. The van der Waals surface area contributed by atoms with Crippen molar-refractivity contribution < 1.29 is 4.79 Å². The molecule has 0 rings (SSSR count). The quantitative estimate of drug-likeness (QED) is 0.411. The summed E-state index contributed by atoms with van der Waals surface area (Å²) in [6, 6.07) is 0. The van der Waals surface area contributed by atoms with Gasteiger partial charge in [-0.25, -0.2) is 0 Å². The summed E-state index contributed by atoms with van der Waals surface area (Å²) in [6.45, 7) is 3.87. The summed E-state index contributed by atoms with van der Waals surface area (Å²) >= 11 is 0. The number of hydrogen-bond acceptors (Lipinski definition) is 2. The number of carbonyl (C=O) groups is 1. The predicted octanol–water partition coefficient (Wildman–Crippen LogP) is 4.54. The Hall–Kier alpha value is -0.570. The van der Waals surface area contributed by atoms with Crippen molar-refractivity contribution in [3.05, 3.63) is 0 Å². The average Bonchev–Trinajstić information content (AvgIpc) is 2.48. The highest BCUT2D eigenvalue weighted by atomic mass is 16.1. The molecule has 0 saturated carbocycles. The van der Waals surface area contributed by atoms with Crippen molar-refractivity contribution in [3.8, 4) is 0 Å². The van der Waals surface area contributed by atoms with E-state index in [4.69, 9.17) is 5.73 Å². The van der Waals surface area contributed by atoms with E-state index in [1.165, 1.54) is 70.6 Å². The molecular formula is C18H38N2O. The number of unbranched alkanes of at least 4 members (excludes halogenated alkanes) is 11. The van der Waals surface area contributed by atoms with Gasteiger partial charge in [-0.2, -0.15) is 0 Å². The number of hydrogen-bond donors (Lipinski definition) is 2. The molecule has 21 heavy (non-hydrogen) atoms. The summed E-state index contributed by atoms with van der Waals surface area (Å²) in [5.74, 6) is 0.237. The molecule has 0 spiro atoms. The van der Waals surface area contributed by atoms with E-state index in [9.17, 15) is 4.79 Å². The summed E-state index contributed by atoms with van der Waals surface area (Å²) in [7, 11) is 0. The molecule has 0 unspecified atom stereocenters. The highest BCUT2D eigenvalue weighted by Gasteiger charge is 1.99. The van der Waals surface area contributed by atoms with Gasteiger partial charge in [-0.3, -0.25) is 4.79 Å². The van der Waals surface area contributed by atoms with Crippen LogP contribution in [0.15, 0.2) is 0 Å². The fraction of sp³-hybridized carbons (Fsp3) is 0.944. The monoisotopic (exact) mass is 298 g/mol. The van der Waals surface area contributed by atoms with Crippen molar-refractivity contribution in [2.24, 2.45) is 5.73 Å². The van der Waals surface area contributed by atoms with Gasteiger partial charge in [0.1, 0.15) is 0 Å². The Bertz CT molecular complexity index is 219. The Morgan fingerprint density at radius 3 is 1.81 bits per heavy atom. The molecule has 0 atom stereocenters. The average molecular weight is 299 g/mol. The molecule has 0 aliphatic heterocycles. The Morgan fingerprint density at radius 2 is 1.29 bits per heavy atom. The molecule has 0 bridgehead atoms. The van der Waals surface area contributed by atoms with Crippen LogP contribution in [0.4, 0.5) is 0 Å². The molecular weight excluding hydrogens is 260 g/mol. The Balaban J connectivity index is 3.06. The highest BCUT2D eigenvalue weighted by molar-refractivity contribution is 5.75. The smallest absolute Gasteiger partial charge is 0.219 e. The third-order valence-corrected chi connectivity index (χ3v) is 3.96. The molecule has 0 aliphatic carbocycles. The lowest BCUT2D eigenvalue weighted by Crippen LogP contribution is -2.23. The van der Waals surface area contributed by atoms with Gasteiger partial charge in [0.05, 0.1) is 0 Å². The molecule has 0 aromatic rings. The zero-order chi connectivity index (χ0) is 15.6. The first-order valence-corrected chi connectivity index (χ1v) is 9.28. The molecule has 3 heteroatoms. The number of amides is 1. The maximum Gasteiger partial charge on any atom is 0.219 e. The van der Waals surface area contributed by atoms with Crippen LogP contribution in [-0.2, 0) is 4.79 Å². The number of nitrogens with one attached hydrogen (secondary N) is 1. The van der Waals surface area contributed by atoms with Crippen LogP contribution in [0.3, 0.4) is 0 Å². The molecule has 0 aromatic heterocycles. The van der Waals surface area contributed by atoms with Crippen molar-refractivity contribution in [2.45, 2.75) is 96.8 Å². The van der Waals surface area contributed by atoms with Crippen molar-refractivity contribution >= 4 is 5.91 Å². The van der Waals surface area contributed by atoms with Gasteiger partial charge in [-0.05, 0) is 25.8 Å². The van der Waals surface area contributed by atoms with E-state index in [-0.39, 0.29) is 5.91 Å². The molecule has 1 amide bonds. The Kier molecular flexibility index (Phi) is 17.0. The van der Waals surface area contributed by atoms with Gasteiger partial charge in [0.2, 0.25) is 5.91 Å². The Morgan fingerprint density at radius 1 is 0.762 bits per heavy atom. The van der Waals surface area contributed by atoms with Crippen LogP contribution in [-0.4, -0.2) is 19.0 Å². The zero-order valence-corrected chi connectivity index (χ0v) is 14.3. The van der Waals surface area contributed by atoms with Crippen LogP contribution in [0.25, 0.3) is 0 Å². The van der Waals surface area contributed by atoms with E-state index in [2.05, 4.69) is 12.2 Å². The fourth-order valence-corrected chi connectivity index (χ4v) is 2.54. The fourth-order valence-electron chi connectivity index (χ4n) is 2.54. The van der Waals surface area contributed by atoms with Gasteiger partial charge >= 0.3 is 0 Å². The number of nitrogens with two attached hydrogens (primary N) is 1. The Labute approximate surface area is 132 Å². The third kappa shape index (κ3) is 17.4. The van der Waals surface area contributed by atoms with Gasteiger partial charge in [-0.15, -0.1) is 0 Å². The normalized spacial score (nSPS) is 10.8. The summed E-state index contributed by atoms with van der Waals surface area (Å²) in [6.07, 6.45) is 17.1. The molecule has 0 fully saturated rings. The lowest BCUT2D eigenvalue weighted by atomic mass is 10.1. The van der Waals surface area contributed by atoms with Gasteiger partial charge in [0, 0.05) is 13.0 Å². The number of rotatable bonds is 16. The molecule has 126 valence electrons. The van der Waals surface area contributed by atoms with Crippen molar-refractivity contribution in [1.82, 2.24) is 5.32 Å². The van der Waals surface area contributed by atoms with E-state index in [0.29, 0.717) is 6.42 Å². The molecule has 0 aliphatic rings. The summed E-state index contributed by atoms with van der Waals surface area (Å²) < 4.78 is 0. The largest absolute Gasteiger partial charge is 0.356 e. The van der Waals surface area contributed by atoms with Gasteiger partial charge in [0.25, 0.3) is 0 Å². The summed E-state index contributed by atoms with van der Waals surface area (Å²) in [5.41, 5.74) is 5.47. The van der Waals surface area contributed by atoms with Crippen molar-refractivity contribution in [2.75, 3.05) is 13.1 Å². The van der Waals surface area contributed by atoms with E-state index in [1.54, 1.807) is 0 Å². The summed E-state index contributed by atoms with van der Waals surface area (Å²) in [5, 5.41) is 3.02. The van der Waals surface area contributed by atoms with E-state index in [0.717, 1.165) is 25.9 Å². The standard InChI is InChI=1S/C18H38N2O/c1-2-3-12-15-18(21)20-17-14-11-9-7-5-4-6-8-10-13-16-19/h2-17,19H2,1H3,(H,20,21). The first kappa shape index (κ1) is 20.4. The molecule has 0 radical (unpaired) electrons. The van der Waals surface area contributed by atoms with Gasteiger partial charge in [0.15, 0.2) is 0 Å². The van der Waals surface area contributed by atoms with E-state index in [1.807, 2.05) is 0 Å². The maximum atomic E-state index is 11.5. The lowest BCUT2D eigenvalue weighted by Gasteiger charge is -2.05. The first-order chi connectivity index (χ1) is 10.3. The van der Waals surface area contributed by atoms with Crippen molar-refractivity contribution in [3.63, 3.8) is 0 Å². The molecule has 3 nitrogen and oxygen atoms in total. The lowest BCUT2D eigenvalue weighted by molar-refractivity contribution is -0.121. The van der Waals surface area contributed by atoms with E-state index < -0.39 is 0 Å². The molecule has 0 aromatic carbocycles. The minimum Gasteiger partial charge on any atom is -0.356 e. The van der Waals surface area contributed by atoms with Crippen LogP contribution < -0.4 is 11.1 Å². The van der Waals surface area contributed by atoms with Gasteiger partial charge in [-0.1, -0.05) is 71.1 Å². The molecule has 3 N–H and O–H groups in total. The third-order valence-electron chi connectivity index (χ3n) is 3.96. The first-order valence-electron chi connectivity index (χ1n) is 9.28. The van der Waals surface area contributed by atoms with Crippen LogP contribution in [0.1, 0.15) is 96.8 Å². The second kappa shape index (κ2) is 17.5. The van der Waals surface area contributed by atoms with Crippen LogP contribution >= 0.6 is 0 Å². The second-order valence-corrected chi connectivity index (χ2v) is 6.13. The maximum absolute atomic E-state index is 11.5. The topological polar surface area (TPSA) is 55.1 Å². The molecule has 0 saturated heterocycles. The minimum absolute atomic E-state index is 0.237. The minimum atomic E-state index is 0.237. The zero-order valence-electron chi connectivity index (χ0n) is 14.3. The molecule has 0 heterocycles. The van der Waals surface area contributed by atoms with E-state index >= 15 is 0 Å². The predicted molar refractivity (Wildman–Crippen MR) is 92.4 cm³/mol. The summed E-state index contributed by atoms with van der Waals surface area (Å²) in [4.78, 5) is 11.5. The van der Waals surface area contributed by atoms with Crippen LogP contribution in [0.5, 0.6) is 0 Å². The highest BCUT2D eigenvalue weighted by Crippen LogP contribution is 2.10. The second-order valence-electron chi connectivity index (χ2n) is 6.13. The van der Waals surface area contributed by atoms with Crippen LogP contribution in [0, 0.1) is 0 Å². The van der Waals surface area contributed by atoms with Gasteiger partial charge < -0.3 is 11.1 Å². The van der Waals surface area contributed by atoms with Crippen molar-refractivity contribution in [1.29, 1.82) is 0 Å².